The quantitative estimate of drug-likeness (QED) is 0.732. The first-order valence-electron chi connectivity index (χ1n) is 5.50. The molecule has 0 saturated heterocycles. The lowest BCUT2D eigenvalue weighted by Crippen LogP contribution is -2.34. The number of hydrogen-bond acceptors (Lipinski definition) is 4. The van der Waals surface area contributed by atoms with Crippen molar-refractivity contribution in [3.05, 3.63) is 18.0 Å². The van der Waals surface area contributed by atoms with Crippen molar-refractivity contribution in [1.82, 2.24) is 15.1 Å². The van der Waals surface area contributed by atoms with Crippen LogP contribution in [0.4, 0.5) is 0 Å². The number of nitrogens with one attached hydrogen (secondary N) is 1. The molecular weight excluding hydrogens is 206 g/mol. The Morgan fingerprint density at radius 3 is 3.06 bits per heavy atom. The van der Waals surface area contributed by atoms with Crippen LogP contribution < -0.4 is 5.32 Å². The Hall–Kier alpha value is -1.36. The van der Waals surface area contributed by atoms with E-state index in [1.807, 2.05) is 17.1 Å². The standard InChI is InChI=1S/C11H19N3O2/c1-4-5-14-8-10(7-13-14)6-12-9(2)11(15)16-3/h7-9,12H,4-6H2,1-3H3. The highest BCUT2D eigenvalue weighted by Gasteiger charge is 2.11. The maximum atomic E-state index is 11.1. The average Bonchev–Trinajstić information content (AvgIpc) is 2.73. The number of rotatable bonds is 6. The fourth-order valence-corrected chi connectivity index (χ4v) is 1.38. The molecule has 0 aliphatic carbocycles. The van der Waals surface area contributed by atoms with Crippen LogP contribution in [-0.2, 0) is 22.6 Å². The number of carbonyl (C=O) groups is 1. The molecule has 0 aliphatic heterocycles. The first-order valence-corrected chi connectivity index (χ1v) is 5.50. The van der Waals surface area contributed by atoms with Gasteiger partial charge in [-0.25, -0.2) is 0 Å². The number of aromatic nitrogens is 2. The second-order valence-corrected chi connectivity index (χ2v) is 3.74. The smallest absolute Gasteiger partial charge is 0.322 e. The molecule has 1 N–H and O–H groups in total. The number of esters is 1. The van der Waals surface area contributed by atoms with Gasteiger partial charge in [-0.1, -0.05) is 6.92 Å². The molecule has 1 unspecified atom stereocenters. The molecule has 0 amide bonds. The lowest BCUT2D eigenvalue weighted by Gasteiger charge is -2.09. The number of ether oxygens (including phenoxy) is 1. The molecule has 0 spiro atoms. The largest absolute Gasteiger partial charge is 0.468 e. The van der Waals surface area contributed by atoms with Crippen LogP contribution in [0.5, 0.6) is 0 Å². The van der Waals surface area contributed by atoms with Crippen molar-refractivity contribution >= 4 is 5.97 Å². The van der Waals surface area contributed by atoms with Crippen molar-refractivity contribution in [3.8, 4) is 0 Å². The van der Waals surface area contributed by atoms with Crippen LogP contribution in [0.15, 0.2) is 12.4 Å². The minimum absolute atomic E-state index is 0.249. The summed E-state index contributed by atoms with van der Waals surface area (Å²) in [5.41, 5.74) is 1.07. The van der Waals surface area contributed by atoms with Gasteiger partial charge >= 0.3 is 5.97 Å². The van der Waals surface area contributed by atoms with Crippen molar-refractivity contribution in [1.29, 1.82) is 0 Å². The van der Waals surface area contributed by atoms with Crippen LogP contribution in [0.3, 0.4) is 0 Å². The molecule has 0 fully saturated rings. The summed E-state index contributed by atoms with van der Waals surface area (Å²) < 4.78 is 6.52. The van der Waals surface area contributed by atoms with Crippen LogP contribution in [0.2, 0.25) is 0 Å². The lowest BCUT2D eigenvalue weighted by molar-refractivity contribution is -0.142. The molecule has 0 aromatic carbocycles. The monoisotopic (exact) mass is 225 g/mol. The van der Waals surface area contributed by atoms with Crippen molar-refractivity contribution in [3.63, 3.8) is 0 Å². The highest BCUT2D eigenvalue weighted by atomic mass is 16.5. The van der Waals surface area contributed by atoms with Gasteiger partial charge in [0.25, 0.3) is 0 Å². The highest BCUT2D eigenvalue weighted by molar-refractivity contribution is 5.75. The summed E-state index contributed by atoms with van der Waals surface area (Å²) in [6.07, 6.45) is 4.86. The zero-order chi connectivity index (χ0) is 12.0. The second-order valence-electron chi connectivity index (χ2n) is 3.74. The molecule has 1 aromatic heterocycles. The van der Waals surface area contributed by atoms with Gasteiger partial charge in [-0.15, -0.1) is 0 Å². The Kier molecular flexibility index (Phi) is 4.98. The Morgan fingerprint density at radius 2 is 2.44 bits per heavy atom. The average molecular weight is 225 g/mol. The van der Waals surface area contributed by atoms with Gasteiger partial charge in [0.05, 0.1) is 13.3 Å². The Bertz CT molecular complexity index is 336. The summed E-state index contributed by atoms with van der Waals surface area (Å²) in [6, 6.07) is -0.292. The van der Waals surface area contributed by atoms with Crippen molar-refractivity contribution in [2.45, 2.75) is 39.4 Å². The molecule has 1 heterocycles. The molecule has 0 bridgehead atoms. The van der Waals surface area contributed by atoms with Crippen LogP contribution >= 0.6 is 0 Å². The number of methoxy groups -OCH3 is 1. The van der Waals surface area contributed by atoms with Gasteiger partial charge in [-0.2, -0.15) is 5.10 Å². The van der Waals surface area contributed by atoms with E-state index < -0.39 is 0 Å². The van der Waals surface area contributed by atoms with E-state index in [0.717, 1.165) is 18.5 Å². The molecule has 0 saturated carbocycles. The summed E-state index contributed by atoms with van der Waals surface area (Å²) in [5.74, 6) is -0.249. The van der Waals surface area contributed by atoms with Gasteiger partial charge in [0.2, 0.25) is 0 Å². The Labute approximate surface area is 95.8 Å². The maximum absolute atomic E-state index is 11.1. The van der Waals surface area contributed by atoms with E-state index in [4.69, 9.17) is 0 Å². The number of carbonyl (C=O) groups excluding carboxylic acids is 1. The number of hydrogen-bond donors (Lipinski definition) is 1. The van der Waals surface area contributed by atoms with Crippen LogP contribution in [-0.4, -0.2) is 28.9 Å². The fraction of sp³-hybridized carbons (Fsp3) is 0.636. The summed E-state index contributed by atoms with van der Waals surface area (Å²) in [6.45, 7) is 5.44. The summed E-state index contributed by atoms with van der Waals surface area (Å²) in [7, 11) is 1.39. The van der Waals surface area contributed by atoms with Crippen LogP contribution in [0, 0.1) is 0 Å². The molecule has 1 atom stereocenters. The third kappa shape index (κ3) is 3.66. The minimum Gasteiger partial charge on any atom is -0.468 e. The van der Waals surface area contributed by atoms with E-state index in [2.05, 4.69) is 22.1 Å². The molecule has 1 rings (SSSR count). The van der Waals surface area contributed by atoms with Crippen molar-refractivity contribution in [2.24, 2.45) is 0 Å². The number of nitrogens with zero attached hydrogens (tertiary/aromatic N) is 2. The number of aryl methyl sites for hydroxylation is 1. The van der Waals surface area contributed by atoms with Gasteiger partial charge < -0.3 is 10.1 Å². The third-order valence-electron chi connectivity index (χ3n) is 2.31. The summed E-state index contributed by atoms with van der Waals surface area (Å²) in [5, 5.41) is 7.29. The van der Waals surface area contributed by atoms with E-state index in [-0.39, 0.29) is 12.0 Å². The topological polar surface area (TPSA) is 56.2 Å². The fourth-order valence-electron chi connectivity index (χ4n) is 1.38. The zero-order valence-corrected chi connectivity index (χ0v) is 10.1. The highest BCUT2D eigenvalue weighted by Crippen LogP contribution is 1.99. The normalized spacial score (nSPS) is 12.4. The molecule has 5 nitrogen and oxygen atoms in total. The second kappa shape index (κ2) is 6.27. The first kappa shape index (κ1) is 12.7. The predicted octanol–water partition coefficient (Wildman–Crippen LogP) is 0.944. The lowest BCUT2D eigenvalue weighted by atomic mass is 10.3. The third-order valence-corrected chi connectivity index (χ3v) is 2.31. The van der Waals surface area contributed by atoms with Gasteiger partial charge in [-0.3, -0.25) is 9.48 Å². The molecule has 90 valence electrons. The van der Waals surface area contributed by atoms with E-state index >= 15 is 0 Å². The Morgan fingerprint density at radius 1 is 1.69 bits per heavy atom. The Balaban J connectivity index is 2.39. The molecule has 1 aromatic rings. The van der Waals surface area contributed by atoms with E-state index in [1.54, 1.807) is 6.92 Å². The molecule has 0 radical (unpaired) electrons. The molecule has 5 heteroatoms. The maximum Gasteiger partial charge on any atom is 0.322 e. The van der Waals surface area contributed by atoms with Crippen molar-refractivity contribution < 1.29 is 9.53 Å². The zero-order valence-electron chi connectivity index (χ0n) is 10.1. The van der Waals surface area contributed by atoms with Gasteiger partial charge in [0, 0.05) is 24.8 Å². The summed E-state index contributed by atoms with van der Waals surface area (Å²) >= 11 is 0. The minimum atomic E-state index is -0.292. The van der Waals surface area contributed by atoms with E-state index in [9.17, 15) is 4.79 Å². The molecular formula is C11H19N3O2. The SMILES string of the molecule is CCCn1cc(CNC(C)C(=O)OC)cn1. The predicted molar refractivity (Wildman–Crippen MR) is 60.8 cm³/mol. The van der Waals surface area contributed by atoms with Crippen LogP contribution in [0.25, 0.3) is 0 Å². The van der Waals surface area contributed by atoms with Crippen LogP contribution in [0.1, 0.15) is 25.8 Å². The first-order chi connectivity index (χ1) is 7.67. The van der Waals surface area contributed by atoms with E-state index in [1.165, 1.54) is 7.11 Å². The molecule has 0 aliphatic rings. The van der Waals surface area contributed by atoms with Crippen molar-refractivity contribution in [2.75, 3.05) is 7.11 Å². The summed E-state index contributed by atoms with van der Waals surface area (Å²) in [4.78, 5) is 11.1. The van der Waals surface area contributed by atoms with E-state index in [0.29, 0.717) is 6.54 Å². The van der Waals surface area contributed by atoms with Gasteiger partial charge in [0.1, 0.15) is 6.04 Å². The van der Waals surface area contributed by atoms with Gasteiger partial charge in [-0.05, 0) is 13.3 Å². The molecule has 16 heavy (non-hydrogen) atoms. The van der Waals surface area contributed by atoms with Gasteiger partial charge in [0.15, 0.2) is 0 Å².